The van der Waals surface area contributed by atoms with E-state index in [1.165, 1.54) is 5.56 Å². The van der Waals surface area contributed by atoms with Crippen LogP contribution in [0.15, 0.2) is 18.2 Å². The van der Waals surface area contributed by atoms with E-state index in [-0.39, 0.29) is 5.92 Å². The Morgan fingerprint density at radius 2 is 2.38 bits per heavy atom. The highest BCUT2D eigenvalue weighted by molar-refractivity contribution is 5.84. The van der Waals surface area contributed by atoms with E-state index in [0.29, 0.717) is 11.8 Å². The Kier molecular flexibility index (Phi) is 2.02. The van der Waals surface area contributed by atoms with E-state index in [9.17, 15) is 0 Å². The Bertz CT molecular complexity index is 444. The van der Waals surface area contributed by atoms with E-state index in [0.717, 1.165) is 31.0 Å². The SMILES string of the molecule is N=C(N)C1CC1c1ccc2c(c1)NCCO2. The van der Waals surface area contributed by atoms with Crippen LogP contribution in [0.25, 0.3) is 0 Å². The molecule has 0 amide bonds. The summed E-state index contributed by atoms with van der Waals surface area (Å²) < 4.78 is 5.52. The molecule has 1 fully saturated rings. The number of ether oxygens (including phenoxy) is 1. The predicted molar refractivity (Wildman–Crippen MR) is 63.2 cm³/mol. The number of anilines is 1. The van der Waals surface area contributed by atoms with Crippen LogP contribution in [0.1, 0.15) is 17.9 Å². The van der Waals surface area contributed by atoms with E-state index in [2.05, 4.69) is 17.4 Å². The highest BCUT2D eigenvalue weighted by Crippen LogP contribution is 2.48. The Hall–Kier alpha value is -1.71. The molecule has 1 aromatic rings. The van der Waals surface area contributed by atoms with Crippen LogP contribution in [0, 0.1) is 11.3 Å². The third-order valence-electron chi connectivity index (χ3n) is 3.30. The van der Waals surface area contributed by atoms with Crippen LogP contribution in [-0.4, -0.2) is 19.0 Å². The highest BCUT2D eigenvalue weighted by atomic mass is 16.5. The van der Waals surface area contributed by atoms with Gasteiger partial charge >= 0.3 is 0 Å². The van der Waals surface area contributed by atoms with Crippen molar-refractivity contribution >= 4 is 11.5 Å². The van der Waals surface area contributed by atoms with Gasteiger partial charge in [0.05, 0.1) is 11.5 Å². The fraction of sp³-hybridized carbons (Fsp3) is 0.417. The number of fused-ring (bicyclic) bond motifs is 1. The molecule has 2 unspecified atom stereocenters. The quantitative estimate of drug-likeness (QED) is 0.519. The maximum absolute atomic E-state index is 7.42. The molecule has 84 valence electrons. The number of nitrogens with one attached hydrogen (secondary N) is 2. The maximum atomic E-state index is 7.42. The number of rotatable bonds is 2. The van der Waals surface area contributed by atoms with Crippen LogP contribution in [-0.2, 0) is 0 Å². The van der Waals surface area contributed by atoms with Gasteiger partial charge in [-0.25, -0.2) is 0 Å². The molecule has 16 heavy (non-hydrogen) atoms. The van der Waals surface area contributed by atoms with Gasteiger partial charge in [-0.05, 0) is 30.0 Å². The normalized spacial score (nSPS) is 26.2. The average Bonchev–Trinajstić information content (AvgIpc) is 3.08. The van der Waals surface area contributed by atoms with Crippen molar-refractivity contribution in [2.75, 3.05) is 18.5 Å². The molecular weight excluding hydrogens is 202 g/mol. The molecule has 0 radical (unpaired) electrons. The predicted octanol–water partition coefficient (Wildman–Crippen LogP) is 1.53. The molecule has 1 heterocycles. The Labute approximate surface area is 94.3 Å². The minimum absolute atomic E-state index is 0.252. The number of hydrogen-bond acceptors (Lipinski definition) is 3. The van der Waals surface area contributed by atoms with Crippen molar-refractivity contribution in [1.29, 1.82) is 5.41 Å². The molecule has 2 aliphatic rings. The summed E-state index contributed by atoms with van der Waals surface area (Å²) in [6.07, 6.45) is 1.01. The zero-order valence-electron chi connectivity index (χ0n) is 8.99. The van der Waals surface area contributed by atoms with Crippen molar-refractivity contribution in [1.82, 2.24) is 0 Å². The van der Waals surface area contributed by atoms with Gasteiger partial charge in [0, 0.05) is 12.5 Å². The monoisotopic (exact) mass is 217 g/mol. The van der Waals surface area contributed by atoms with Crippen LogP contribution >= 0.6 is 0 Å². The summed E-state index contributed by atoms with van der Waals surface area (Å²) in [6, 6.07) is 6.22. The third kappa shape index (κ3) is 1.50. The summed E-state index contributed by atoms with van der Waals surface area (Å²) in [5, 5.41) is 10.7. The molecule has 0 saturated heterocycles. The zero-order chi connectivity index (χ0) is 11.1. The first-order chi connectivity index (χ1) is 7.75. The Morgan fingerprint density at radius 1 is 1.50 bits per heavy atom. The summed E-state index contributed by atoms with van der Waals surface area (Å²) in [7, 11) is 0. The summed E-state index contributed by atoms with van der Waals surface area (Å²) in [5.74, 6) is 1.93. The standard InChI is InChI=1S/C12H15N3O/c13-12(14)9-6-8(9)7-1-2-11-10(5-7)15-3-4-16-11/h1-2,5,8-9,15H,3-4,6H2,(H3,13,14). The van der Waals surface area contributed by atoms with Crippen LogP contribution in [0.4, 0.5) is 5.69 Å². The molecule has 4 nitrogen and oxygen atoms in total. The van der Waals surface area contributed by atoms with Crippen LogP contribution in [0.5, 0.6) is 5.75 Å². The Morgan fingerprint density at radius 3 is 3.12 bits per heavy atom. The lowest BCUT2D eigenvalue weighted by molar-refractivity contribution is 0.323. The largest absolute Gasteiger partial charge is 0.490 e. The first kappa shape index (κ1) is 9.51. The van der Waals surface area contributed by atoms with Crippen LogP contribution in [0.3, 0.4) is 0 Å². The topological polar surface area (TPSA) is 71.1 Å². The number of hydrogen-bond donors (Lipinski definition) is 3. The average molecular weight is 217 g/mol. The zero-order valence-corrected chi connectivity index (χ0v) is 8.99. The molecule has 1 aromatic carbocycles. The number of amidine groups is 1. The van der Waals surface area contributed by atoms with E-state index < -0.39 is 0 Å². The van der Waals surface area contributed by atoms with Crippen molar-refractivity contribution < 1.29 is 4.74 Å². The third-order valence-corrected chi connectivity index (χ3v) is 3.30. The second kappa shape index (κ2) is 3.40. The Balaban J connectivity index is 1.85. The van der Waals surface area contributed by atoms with Crippen molar-refractivity contribution in [3.63, 3.8) is 0 Å². The van der Waals surface area contributed by atoms with Gasteiger partial charge < -0.3 is 15.8 Å². The smallest absolute Gasteiger partial charge is 0.142 e. The molecule has 1 aliphatic heterocycles. The fourth-order valence-corrected chi connectivity index (χ4v) is 2.30. The molecule has 0 aromatic heterocycles. The first-order valence-corrected chi connectivity index (χ1v) is 5.60. The van der Waals surface area contributed by atoms with E-state index in [1.54, 1.807) is 0 Å². The molecule has 0 spiro atoms. The van der Waals surface area contributed by atoms with Crippen molar-refractivity contribution in [2.45, 2.75) is 12.3 Å². The lowest BCUT2D eigenvalue weighted by Gasteiger charge is -2.19. The summed E-state index contributed by atoms with van der Waals surface area (Å²) >= 11 is 0. The molecule has 2 atom stereocenters. The van der Waals surface area contributed by atoms with E-state index in [1.807, 2.05) is 6.07 Å². The van der Waals surface area contributed by atoms with Crippen molar-refractivity contribution in [2.24, 2.45) is 11.7 Å². The van der Waals surface area contributed by atoms with Gasteiger partial charge in [0.25, 0.3) is 0 Å². The van der Waals surface area contributed by atoms with E-state index >= 15 is 0 Å². The summed E-state index contributed by atoms with van der Waals surface area (Å²) in [4.78, 5) is 0. The molecule has 4 N–H and O–H groups in total. The summed E-state index contributed by atoms with van der Waals surface area (Å²) in [6.45, 7) is 1.59. The second-order valence-electron chi connectivity index (χ2n) is 4.43. The fourth-order valence-electron chi connectivity index (χ4n) is 2.30. The van der Waals surface area contributed by atoms with Gasteiger partial charge in [-0.1, -0.05) is 6.07 Å². The maximum Gasteiger partial charge on any atom is 0.142 e. The molecule has 1 saturated carbocycles. The molecule has 0 bridgehead atoms. The van der Waals surface area contributed by atoms with Crippen molar-refractivity contribution in [3.8, 4) is 5.75 Å². The van der Waals surface area contributed by atoms with Gasteiger partial charge in [0.15, 0.2) is 0 Å². The van der Waals surface area contributed by atoms with Gasteiger partial charge in [-0.15, -0.1) is 0 Å². The van der Waals surface area contributed by atoms with Gasteiger partial charge in [-0.3, -0.25) is 5.41 Å². The lowest BCUT2D eigenvalue weighted by atomic mass is 10.1. The van der Waals surface area contributed by atoms with Gasteiger partial charge in [-0.2, -0.15) is 0 Å². The van der Waals surface area contributed by atoms with Crippen molar-refractivity contribution in [3.05, 3.63) is 23.8 Å². The minimum Gasteiger partial charge on any atom is -0.490 e. The molecule has 1 aliphatic carbocycles. The highest BCUT2D eigenvalue weighted by Gasteiger charge is 2.40. The molecule has 4 heteroatoms. The second-order valence-corrected chi connectivity index (χ2v) is 4.43. The van der Waals surface area contributed by atoms with E-state index in [4.69, 9.17) is 15.9 Å². The molecule has 3 rings (SSSR count). The first-order valence-electron chi connectivity index (χ1n) is 5.60. The minimum atomic E-state index is 0.252. The lowest BCUT2D eigenvalue weighted by Crippen LogP contribution is -2.18. The van der Waals surface area contributed by atoms with Crippen LogP contribution in [0.2, 0.25) is 0 Å². The molecular formula is C12H15N3O. The number of nitrogens with two attached hydrogens (primary N) is 1. The summed E-state index contributed by atoms with van der Waals surface area (Å²) in [5.41, 5.74) is 7.83. The number of benzene rings is 1. The van der Waals surface area contributed by atoms with Gasteiger partial charge in [0.1, 0.15) is 12.4 Å². The van der Waals surface area contributed by atoms with Gasteiger partial charge in [0.2, 0.25) is 0 Å². The van der Waals surface area contributed by atoms with Crippen LogP contribution < -0.4 is 15.8 Å².